The number of hydrogen-bond acceptors (Lipinski definition) is 4. The van der Waals surface area contributed by atoms with Crippen LogP contribution in [0, 0.1) is 5.82 Å². The van der Waals surface area contributed by atoms with Crippen LogP contribution in [-0.4, -0.2) is 14.2 Å². The first kappa shape index (κ1) is 14.0. The molecule has 5 heteroatoms. The zero-order valence-corrected chi connectivity index (χ0v) is 11.4. The molecule has 106 valence electrons. The van der Waals surface area contributed by atoms with Crippen LogP contribution in [0.5, 0.6) is 17.2 Å². The molecule has 0 aliphatic carbocycles. The predicted octanol–water partition coefficient (Wildman–Crippen LogP) is 3.00. The number of rotatable bonds is 5. The highest BCUT2D eigenvalue weighted by molar-refractivity contribution is 5.56. The summed E-state index contributed by atoms with van der Waals surface area (Å²) in [5.41, 5.74) is 6.72. The van der Waals surface area contributed by atoms with Crippen molar-refractivity contribution in [3.05, 3.63) is 47.8 Å². The maximum Gasteiger partial charge on any atom is 0.167 e. The summed E-state index contributed by atoms with van der Waals surface area (Å²) >= 11 is 0. The molecule has 20 heavy (non-hydrogen) atoms. The summed E-state index contributed by atoms with van der Waals surface area (Å²) < 4.78 is 29.3. The number of methoxy groups -OCH3 is 2. The number of nitrogen functional groups attached to an aromatic ring is 1. The van der Waals surface area contributed by atoms with Gasteiger partial charge in [-0.05, 0) is 17.7 Å². The van der Waals surface area contributed by atoms with Gasteiger partial charge in [-0.25, -0.2) is 4.39 Å². The molecule has 0 fully saturated rings. The summed E-state index contributed by atoms with van der Waals surface area (Å²) in [5, 5.41) is 0. The van der Waals surface area contributed by atoms with Crippen molar-refractivity contribution in [1.82, 2.24) is 0 Å². The molecular weight excluding hydrogens is 261 g/mol. The first-order valence-electron chi connectivity index (χ1n) is 6.02. The molecular formula is C15H16FNO3. The monoisotopic (exact) mass is 277 g/mol. The molecule has 0 heterocycles. The highest BCUT2D eigenvalue weighted by atomic mass is 19.1. The van der Waals surface area contributed by atoms with Crippen molar-refractivity contribution in [2.24, 2.45) is 0 Å². The Labute approximate surface area is 116 Å². The molecule has 2 aromatic rings. The van der Waals surface area contributed by atoms with Gasteiger partial charge in [0.2, 0.25) is 0 Å². The first-order chi connectivity index (χ1) is 9.63. The molecule has 0 aromatic heterocycles. The van der Waals surface area contributed by atoms with E-state index >= 15 is 0 Å². The molecule has 0 aliphatic rings. The van der Waals surface area contributed by atoms with E-state index in [0.717, 1.165) is 11.3 Å². The van der Waals surface area contributed by atoms with Crippen LogP contribution in [0.15, 0.2) is 36.4 Å². The third kappa shape index (κ3) is 3.12. The molecule has 0 unspecified atom stereocenters. The summed E-state index contributed by atoms with van der Waals surface area (Å²) in [6, 6.07) is 9.99. The van der Waals surface area contributed by atoms with Gasteiger partial charge in [0.1, 0.15) is 18.1 Å². The number of halogens is 1. The standard InChI is InChI=1S/C15H16FNO3/c1-18-11-5-3-4-10(6-11)9-20-14-8-15(19-2)13(17)7-12(14)16/h3-8H,9,17H2,1-2H3. The Morgan fingerprint density at radius 1 is 1.05 bits per heavy atom. The van der Waals surface area contributed by atoms with Crippen molar-refractivity contribution in [3.63, 3.8) is 0 Å². The van der Waals surface area contributed by atoms with Crippen molar-refractivity contribution in [1.29, 1.82) is 0 Å². The molecule has 0 amide bonds. The Morgan fingerprint density at radius 2 is 1.85 bits per heavy atom. The SMILES string of the molecule is COc1cccc(COc2cc(OC)c(N)cc2F)c1. The molecule has 2 rings (SSSR count). The maximum atomic E-state index is 13.7. The Hall–Kier alpha value is -2.43. The molecule has 2 N–H and O–H groups in total. The van der Waals surface area contributed by atoms with Gasteiger partial charge >= 0.3 is 0 Å². The molecule has 0 saturated carbocycles. The van der Waals surface area contributed by atoms with E-state index < -0.39 is 5.82 Å². The fraction of sp³-hybridized carbons (Fsp3) is 0.200. The molecule has 0 saturated heterocycles. The number of nitrogens with two attached hydrogens (primary N) is 1. The van der Waals surface area contributed by atoms with Crippen molar-refractivity contribution in [3.8, 4) is 17.2 Å². The molecule has 0 atom stereocenters. The van der Waals surface area contributed by atoms with Crippen molar-refractivity contribution >= 4 is 5.69 Å². The van der Waals surface area contributed by atoms with E-state index in [-0.39, 0.29) is 18.0 Å². The van der Waals surface area contributed by atoms with E-state index in [1.165, 1.54) is 19.2 Å². The smallest absolute Gasteiger partial charge is 0.167 e. The Balaban J connectivity index is 2.14. The van der Waals surface area contributed by atoms with Gasteiger partial charge in [0.25, 0.3) is 0 Å². The van der Waals surface area contributed by atoms with E-state index in [0.29, 0.717) is 5.75 Å². The van der Waals surface area contributed by atoms with Gasteiger partial charge in [-0.2, -0.15) is 0 Å². The Bertz CT molecular complexity index is 602. The minimum Gasteiger partial charge on any atom is -0.497 e. The third-order valence-electron chi connectivity index (χ3n) is 2.81. The lowest BCUT2D eigenvalue weighted by Gasteiger charge is -2.11. The zero-order chi connectivity index (χ0) is 14.5. The maximum absolute atomic E-state index is 13.7. The lowest BCUT2D eigenvalue weighted by Crippen LogP contribution is -2.00. The van der Waals surface area contributed by atoms with Gasteiger partial charge in [-0.15, -0.1) is 0 Å². The van der Waals surface area contributed by atoms with Crippen LogP contribution in [0.3, 0.4) is 0 Å². The zero-order valence-electron chi connectivity index (χ0n) is 11.4. The van der Waals surface area contributed by atoms with Gasteiger partial charge in [-0.3, -0.25) is 0 Å². The van der Waals surface area contributed by atoms with Crippen LogP contribution in [0.25, 0.3) is 0 Å². The van der Waals surface area contributed by atoms with Crippen molar-refractivity contribution in [2.45, 2.75) is 6.61 Å². The van der Waals surface area contributed by atoms with Crippen LogP contribution >= 0.6 is 0 Å². The van der Waals surface area contributed by atoms with E-state index in [9.17, 15) is 4.39 Å². The van der Waals surface area contributed by atoms with E-state index in [1.54, 1.807) is 7.11 Å². The normalized spacial score (nSPS) is 10.2. The molecule has 0 radical (unpaired) electrons. The van der Waals surface area contributed by atoms with E-state index in [2.05, 4.69) is 0 Å². The summed E-state index contributed by atoms with van der Waals surface area (Å²) in [7, 11) is 3.06. The highest BCUT2D eigenvalue weighted by Crippen LogP contribution is 2.30. The fourth-order valence-electron chi connectivity index (χ4n) is 1.76. The Kier molecular flexibility index (Phi) is 4.30. The molecule has 0 spiro atoms. The molecule has 4 nitrogen and oxygen atoms in total. The van der Waals surface area contributed by atoms with Crippen molar-refractivity contribution in [2.75, 3.05) is 20.0 Å². The lowest BCUT2D eigenvalue weighted by molar-refractivity contribution is 0.287. The van der Waals surface area contributed by atoms with Crippen LogP contribution < -0.4 is 19.9 Å². The fourth-order valence-corrected chi connectivity index (χ4v) is 1.76. The van der Waals surface area contributed by atoms with Gasteiger partial charge in [0.05, 0.1) is 19.9 Å². The second-order valence-corrected chi connectivity index (χ2v) is 4.16. The average molecular weight is 277 g/mol. The topological polar surface area (TPSA) is 53.7 Å². The number of ether oxygens (including phenoxy) is 3. The number of anilines is 1. The van der Waals surface area contributed by atoms with Gasteiger partial charge in [0, 0.05) is 12.1 Å². The van der Waals surface area contributed by atoms with E-state index in [1.807, 2.05) is 24.3 Å². The highest BCUT2D eigenvalue weighted by Gasteiger charge is 2.10. The minimum absolute atomic E-state index is 0.0962. The second-order valence-electron chi connectivity index (χ2n) is 4.16. The van der Waals surface area contributed by atoms with Crippen LogP contribution in [0.2, 0.25) is 0 Å². The third-order valence-corrected chi connectivity index (χ3v) is 2.81. The summed E-state index contributed by atoms with van der Waals surface area (Å²) in [4.78, 5) is 0. The molecule has 0 bridgehead atoms. The quantitative estimate of drug-likeness (QED) is 0.854. The predicted molar refractivity (Wildman–Crippen MR) is 74.7 cm³/mol. The van der Waals surface area contributed by atoms with Gasteiger partial charge in [0.15, 0.2) is 11.6 Å². The largest absolute Gasteiger partial charge is 0.497 e. The average Bonchev–Trinajstić information content (AvgIpc) is 2.46. The lowest BCUT2D eigenvalue weighted by atomic mass is 10.2. The van der Waals surface area contributed by atoms with Gasteiger partial charge in [-0.1, -0.05) is 12.1 Å². The summed E-state index contributed by atoms with van der Waals surface area (Å²) in [5.74, 6) is 0.679. The van der Waals surface area contributed by atoms with Gasteiger partial charge < -0.3 is 19.9 Å². The first-order valence-corrected chi connectivity index (χ1v) is 6.02. The minimum atomic E-state index is -0.522. The molecule has 0 aliphatic heterocycles. The summed E-state index contributed by atoms with van der Waals surface area (Å²) in [6.07, 6.45) is 0. The van der Waals surface area contributed by atoms with Crippen LogP contribution in [0.4, 0.5) is 10.1 Å². The van der Waals surface area contributed by atoms with E-state index in [4.69, 9.17) is 19.9 Å². The van der Waals surface area contributed by atoms with Crippen molar-refractivity contribution < 1.29 is 18.6 Å². The summed E-state index contributed by atoms with van der Waals surface area (Å²) in [6.45, 7) is 0.223. The Morgan fingerprint density at radius 3 is 2.55 bits per heavy atom. The number of benzene rings is 2. The number of hydrogen-bond donors (Lipinski definition) is 1. The van der Waals surface area contributed by atoms with Crippen LogP contribution in [-0.2, 0) is 6.61 Å². The van der Waals surface area contributed by atoms with Crippen LogP contribution in [0.1, 0.15) is 5.56 Å². The molecule has 2 aromatic carbocycles. The second kappa shape index (κ2) is 6.14.